The van der Waals surface area contributed by atoms with Crippen molar-refractivity contribution in [3.05, 3.63) is 71.8 Å². The second-order valence-electron chi connectivity index (χ2n) is 4.48. The lowest BCUT2D eigenvalue weighted by molar-refractivity contribution is 0.816. The van der Waals surface area contributed by atoms with Crippen LogP contribution in [0.15, 0.2) is 60.7 Å². The maximum atomic E-state index is 2.23. The van der Waals surface area contributed by atoms with Gasteiger partial charge in [-0.1, -0.05) is 60.7 Å². The molecule has 2 aromatic carbocycles. The summed E-state index contributed by atoms with van der Waals surface area (Å²) in [6.45, 7) is 0. The molecule has 0 unspecified atom stereocenters. The van der Waals surface area contributed by atoms with Gasteiger partial charge in [0.1, 0.15) is 0 Å². The first-order chi connectivity index (χ1) is 7.84. The van der Waals surface area contributed by atoms with Gasteiger partial charge in [-0.25, -0.2) is 0 Å². The summed E-state index contributed by atoms with van der Waals surface area (Å²) in [5.74, 6) is 0. The first-order valence-corrected chi connectivity index (χ1v) is 7.08. The average molecular weight is 226 g/mol. The first kappa shape index (κ1) is 11.2. The summed E-state index contributed by atoms with van der Waals surface area (Å²) >= 11 is 0. The summed E-state index contributed by atoms with van der Waals surface area (Å²) in [5, 5.41) is 0. The maximum Gasteiger partial charge on any atom is 0.00757 e. The van der Waals surface area contributed by atoms with Crippen LogP contribution in [0.4, 0.5) is 0 Å². The molecule has 2 aromatic rings. The van der Waals surface area contributed by atoms with Crippen molar-refractivity contribution in [3.63, 3.8) is 0 Å². The van der Waals surface area contributed by atoms with Crippen molar-refractivity contribution in [3.8, 4) is 0 Å². The van der Waals surface area contributed by atoms with E-state index in [9.17, 15) is 0 Å². The quantitative estimate of drug-likeness (QED) is 0.703. The molecule has 0 radical (unpaired) electrons. The molecule has 0 fully saturated rings. The fraction of sp³-hybridized carbons (Fsp3) is 0.200. The Morgan fingerprint density at radius 3 is 1.44 bits per heavy atom. The average Bonchev–Trinajstić information content (AvgIpc) is 2.31. The number of hydrogen-bond acceptors (Lipinski definition) is 0. The van der Waals surface area contributed by atoms with Gasteiger partial charge in [0, 0.05) is 10.2 Å². The highest BCUT2D eigenvalue weighted by atomic mass is 28.1. The molecule has 0 amide bonds. The Bertz CT molecular complexity index is 366. The van der Waals surface area contributed by atoms with Gasteiger partial charge in [-0.05, 0) is 29.5 Å². The van der Waals surface area contributed by atoms with E-state index in [1.165, 1.54) is 34.2 Å². The van der Waals surface area contributed by atoms with Crippen LogP contribution in [0.1, 0.15) is 11.1 Å². The molecule has 0 nitrogen and oxygen atoms in total. The van der Waals surface area contributed by atoms with E-state index < -0.39 is 0 Å². The predicted molar refractivity (Wildman–Crippen MR) is 74.0 cm³/mol. The third kappa shape index (κ3) is 3.35. The standard InChI is InChI=1S/C15H18Si/c16-15(11-13-7-3-1-4-8-13)12-14-9-5-2-6-10-14/h1-10,15H,11-12H2,16H3. The Hall–Kier alpha value is -1.34. The van der Waals surface area contributed by atoms with Crippen LogP contribution < -0.4 is 0 Å². The molecule has 1 heteroatoms. The molecule has 16 heavy (non-hydrogen) atoms. The van der Waals surface area contributed by atoms with E-state index in [-0.39, 0.29) is 0 Å². The van der Waals surface area contributed by atoms with Crippen LogP contribution in [0.25, 0.3) is 0 Å². The van der Waals surface area contributed by atoms with Gasteiger partial charge in [-0.3, -0.25) is 0 Å². The monoisotopic (exact) mass is 226 g/mol. The number of hydrogen-bond donors (Lipinski definition) is 0. The van der Waals surface area contributed by atoms with Gasteiger partial charge in [0.25, 0.3) is 0 Å². The zero-order chi connectivity index (χ0) is 11.2. The third-order valence-electron chi connectivity index (χ3n) is 2.85. The van der Waals surface area contributed by atoms with Crippen LogP contribution >= 0.6 is 0 Å². The molecule has 0 N–H and O–H groups in total. The highest BCUT2D eigenvalue weighted by Gasteiger charge is 2.04. The molecule has 0 aliphatic heterocycles. The fourth-order valence-corrected chi connectivity index (χ4v) is 3.05. The van der Waals surface area contributed by atoms with E-state index in [0.717, 1.165) is 5.54 Å². The Kier molecular flexibility index (Phi) is 3.95. The van der Waals surface area contributed by atoms with Gasteiger partial charge in [-0.2, -0.15) is 0 Å². The maximum absolute atomic E-state index is 2.23. The molecule has 0 bridgehead atoms. The lowest BCUT2D eigenvalue weighted by atomic mass is 10.0. The minimum Gasteiger partial charge on any atom is -0.0622 e. The summed E-state index contributed by atoms with van der Waals surface area (Å²) in [7, 11) is 1.26. The second kappa shape index (κ2) is 5.66. The normalized spacial score (nSPS) is 10.8. The van der Waals surface area contributed by atoms with Crippen molar-refractivity contribution in [2.45, 2.75) is 18.4 Å². The molecule has 0 saturated heterocycles. The zero-order valence-electron chi connectivity index (χ0n) is 9.77. The van der Waals surface area contributed by atoms with Gasteiger partial charge in [0.05, 0.1) is 0 Å². The van der Waals surface area contributed by atoms with Crippen LogP contribution in [0.5, 0.6) is 0 Å². The Labute approximate surface area is 101 Å². The van der Waals surface area contributed by atoms with E-state index in [0.29, 0.717) is 0 Å². The smallest absolute Gasteiger partial charge is 0.00757 e. The van der Waals surface area contributed by atoms with Gasteiger partial charge in [-0.15, -0.1) is 0 Å². The largest absolute Gasteiger partial charge is 0.0622 e. The Morgan fingerprint density at radius 1 is 0.688 bits per heavy atom. The lowest BCUT2D eigenvalue weighted by Crippen LogP contribution is -2.01. The van der Waals surface area contributed by atoms with Crippen LogP contribution in [0.3, 0.4) is 0 Å². The van der Waals surface area contributed by atoms with Crippen molar-refractivity contribution in [1.29, 1.82) is 0 Å². The van der Waals surface area contributed by atoms with Gasteiger partial charge < -0.3 is 0 Å². The molecular weight excluding hydrogens is 208 g/mol. The topological polar surface area (TPSA) is 0 Å². The van der Waals surface area contributed by atoms with Crippen LogP contribution in [-0.2, 0) is 12.8 Å². The minimum atomic E-state index is 0.838. The molecule has 0 heterocycles. The van der Waals surface area contributed by atoms with Crippen LogP contribution in [0.2, 0.25) is 5.54 Å². The van der Waals surface area contributed by atoms with Crippen LogP contribution in [0, 0.1) is 0 Å². The number of benzene rings is 2. The summed E-state index contributed by atoms with van der Waals surface area (Å²) in [5.41, 5.74) is 3.78. The highest BCUT2D eigenvalue weighted by molar-refractivity contribution is 6.11. The van der Waals surface area contributed by atoms with E-state index in [1.807, 2.05) is 0 Å². The SMILES string of the molecule is [SiH3]C(Cc1ccccc1)Cc1ccccc1. The summed E-state index contributed by atoms with van der Waals surface area (Å²) in [6, 6.07) is 21.6. The minimum absolute atomic E-state index is 0.838. The van der Waals surface area contributed by atoms with E-state index in [1.54, 1.807) is 0 Å². The molecular formula is C15H18Si. The third-order valence-corrected chi connectivity index (χ3v) is 3.67. The van der Waals surface area contributed by atoms with Crippen molar-refractivity contribution in [1.82, 2.24) is 0 Å². The number of rotatable bonds is 4. The molecule has 0 aromatic heterocycles. The lowest BCUT2D eigenvalue weighted by Gasteiger charge is -2.11. The molecule has 2 rings (SSSR count). The van der Waals surface area contributed by atoms with E-state index in [4.69, 9.17) is 0 Å². The van der Waals surface area contributed by atoms with Gasteiger partial charge in [0.2, 0.25) is 0 Å². The van der Waals surface area contributed by atoms with Crippen molar-refractivity contribution in [2.24, 2.45) is 0 Å². The fourth-order valence-electron chi connectivity index (χ4n) is 2.11. The summed E-state index contributed by atoms with van der Waals surface area (Å²) < 4.78 is 0. The van der Waals surface area contributed by atoms with Crippen LogP contribution in [-0.4, -0.2) is 10.2 Å². The van der Waals surface area contributed by atoms with Crippen molar-refractivity contribution in [2.75, 3.05) is 0 Å². The summed E-state index contributed by atoms with van der Waals surface area (Å²) in [4.78, 5) is 0. The zero-order valence-corrected chi connectivity index (χ0v) is 11.8. The first-order valence-electron chi connectivity index (χ1n) is 5.92. The molecule has 0 spiro atoms. The predicted octanol–water partition coefficient (Wildman–Crippen LogP) is 2.63. The van der Waals surface area contributed by atoms with Crippen molar-refractivity contribution >= 4 is 10.2 Å². The van der Waals surface area contributed by atoms with Crippen molar-refractivity contribution < 1.29 is 0 Å². The molecule has 0 atom stereocenters. The molecule has 0 aliphatic carbocycles. The Balaban J connectivity index is 1.92. The van der Waals surface area contributed by atoms with E-state index >= 15 is 0 Å². The van der Waals surface area contributed by atoms with E-state index in [2.05, 4.69) is 60.7 Å². The van der Waals surface area contributed by atoms with Gasteiger partial charge >= 0.3 is 0 Å². The second-order valence-corrected chi connectivity index (χ2v) is 6.12. The molecule has 0 saturated carbocycles. The molecule has 82 valence electrons. The van der Waals surface area contributed by atoms with Gasteiger partial charge in [0.15, 0.2) is 0 Å². The Morgan fingerprint density at radius 2 is 1.06 bits per heavy atom. The highest BCUT2D eigenvalue weighted by Crippen LogP contribution is 2.16. The summed E-state index contributed by atoms with van der Waals surface area (Å²) in [6.07, 6.45) is 2.45. The molecule has 0 aliphatic rings.